The fraction of sp³-hybridized carbons (Fsp3) is 0.143. The first-order valence-corrected chi connectivity index (χ1v) is 10.6. The normalized spacial score (nSPS) is 11.7. The minimum atomic E-state index is -3.26. The molecule has 0 saturated carbocycles. The third-order valence-electron chi connectivity index (χ3n) is 4.63. The molecule has 0 aliphatic rings. The standard InChI is InChI=1S/C21H19N3O3S/c1-14-13-16(7-10-18(14)27-2)19-20(24-12-4-11-22-21(24)23-19)15-5-8-17(9-6-15)28(3,25)26/h4-13H,1-3H3. The van der Waals surface area contributed by atoms with Gasteiger partial charge in [-0.2, -0.15) is 0 Å². The maximum atomic E-state index is 11.8. The van der Waals surface area contributed by atoms with E-state index in [-0.39, 0.29) is 4.90 Å². The molecule has 0 spiro atoms. The van der Waals surface area contributed by atoms with Crippen molar-refractivity contribution in [2.75, 3.05) is 13.4 Å². The second kappa shape index (κ2) is 6.76. The van der Waals surface area contributed by atoms with Crippen LogP contribution < -0.4 is 4.74 Å². The smallest absolute Gasteiger partial charge is 0.234 e. The highest BCUT2D eigenvalue weighted by Gasteiger charge is 2.18. The van der Waals surface area contributed by atoms with Crippen molar-refractivity contribution in [3.63, 3.8) is 0 Å². The Labute approximate surface area is 163 Å². The van der Waals surface area contributed by atoms with Crippen LogP contribution in [0.3, 0.4) is 0 Å². The molecule has 0 aliphatic carbocycles. The van der Waals surface area contributed by atoms with Crippen molar-refractivity contribution < 1.29 is 13.2 Å². The van der Waals surface area contributed by atoms with Crippen LogP contribution in [0.25, 0.3) is 28.3 Å². The van der Waals surface area contributed by atoms with Crippen molar-refractivity contribution >= 4 is 15.6 Å². The van der Waals surface area contributed by atoms with E-state index < -0.39 is 9.84 Å². The molecule has 4 rings (SSSR count). The Kier molecular flexibility index (Phi) is 4.39. The summed E-state index contributed by atoms with van der Waals surface area (Å²) in [6.45, 7) is 1.98. The van der Waals surface area contributed by atoms with Gasteiger partial charge in [0.2, 0.25) is 5.78 Å². The van der Waals surface area contributed by atoms with Gasteiger partial charge in [-0.1, -0.05) is 12.1 Å². The van der Waals surface area contributed by atoms with Crippen LogP contribution in [0.5, 0.6) is 5.75 Å². The van der Waals surface area contributed by atoms with Crippen molar-refractivity contribution in [3.8, 4) is 28.3 Å². The zero-order valence-electron chi connectivity index (χ0n) is 15.7. The lowest BCUT2D eigenvalue weighted by Crippen LogP contribution is -1.97. The first-order chi connectivity index (χ1) is 13.4. The predicted octanol–water partition coefficient (Wildman–Crippen LogP) is 3.78. The lowest BCUT2D eigenvalue weighted by atomic mass is 10.0. The summed E-state index contributed by atoms with van der Waals surface area (Å²) in [7, 11) is -1.61. The van der Waals surface area contributed by atoms with Gasteiger partial charge in [0.25, 0.3) is 0 Å². The van der Waals surface area contributed by atoms with Crippen molar-refractivity contribution in [1.29, 1.82) is 0 Å². The fourth-order valence-electron chi connectivity index (χ4n) is 3.25. The van der Waals surface area contributed by atoms with Crippen molar-refractivity contribution in [1.82, 2.24) is 14.4 Å². The van der Waals surface area contributed by atoms with Crippen LogP contribution in [-0.2, 0) is 9.84 Å². The number of fused-ring (bicyclic) bond motifs is 1. The molecule has 2 aromatic heterocycles. The molecule has 28 heavy (non-hydrogen) atoms. The highest BCUT2D eigenvalue weighted by molar-refractivity contribution is 7.90. The van der Waals surface area contributed by atoms with Gasteiger partial charge in [0.15, 0.2) is 9.84 Å². The van der Waals surface area contributed by atoms with E-state index in [9.17, 15) is 8.42 Å². The molecule has 0 N–H and O–H groups in total. The highest BCUT2D eigenvalue weighted by atomic mass is 32.2. The van der Waals surface area contributed by atoms with Crippen LogP contribution in [0.15, 0.2) is 65.8 Å². The largest absolute Gasteiger partial charge is 0.496 e. The van der Waals surface area contributed by atoms with Gasteiger partial charge < -0.3 is 4.74 Å². The molecule has 142 valence electrons. The molecule has 0 unspecified atom stereocenters. The van der Waals surface area contributed by atoms with Gasteiger partial charge in [-0.25, -0.2) is 18.4 Å². The Balaban J connectivity index is 1.95. The molecule has 0 fully saturated rings. The van der Waals surface area contributed by atoms with Gasteiger partial charge in [0, 0.05) is 29.8 Å². The van der Waals surface area contributed by atoms with E-state index >= 15 is 0 Å². The Morgan fingerprint density at radius 2 is 1.75 bits per heavy atom. The second-order valence-electron chi connectivity index (χ2n) is 6.58. The maximum absolute atomic E-state index is 11.8. The van der Waals surface area contributed by atoms with E-state index in [2.05, 4.69) is 4.98 Å². The molecular formula is C21H19N3O3S. The summed E-state index contributed by atoms with van der Waals surface area (Å²) in [5, 5.41) is 0. The SMILES string of the molecule is COc1ccc(-c2nc3ncccn3c2-c2ccc(S(C)(=O)=O)cc2)cc1C. The number of aryl methyl sites for hydroxylation is 1. The minimum absolute atomic E-state index is 0.282. The molecular weight excluding hydrogens is 374 g/mol. The molecule has 2 aromatic carbocycles. The molecule has 2 heterocycles. The first-order valence-electron chi connectivity index (χ1n) is 8.67. The number of imidazole rings is 1. The van der Waals surface area contributed by atoms with Crippen molar-refractivity contribution in [2.45, 2.75) is 11.8 Å². The van der Waals surface area contributed by atoms with Gasteiger partial charge >= 0.3 is 0 Å². The lowest BCUT2D eigenvalue weighted by molar-refractivity contribution is 0.412. The van der Waals surface area contributed by atoms with Crippen LogP contribution in [0, 0.1) is 6.92 Å². The Hall–Kier alpha value is -3.19. The molecule has 4 aromatic rings. The summed E-state index contributed by atoms with van der Waals surface area (Å²) in [5.74, 6) is 1.39. The summed E-state index contributed by atoms with van der Waals surface area (Å²) >= 11 is 0. The molecule has 0 radical (unpaired) electrons. The minimum Gasteiger partial charge on any atom is -0.496 e. The number of hydrogen-bond acceptors (Lipinski definition) is 5. The van der Waals surface area contributed by atoms with Crippen LogP contribution in [0.4, 0.5) is 0 Å². The van der Waals surface area contributed by atoms with Gasteiger partial charge in [0.05, 0.1) is 23.4 Å². The number of methoxy groups -OCH3 is 1. The Morgan fingerprint density at radius 1 is 1.04 bits per heavy atom. The Bertz CT molecular complexity index is 1280. The lowest BCUT2D eigenvalue weighted by Gasteiger charge is -2.09. The maximum Gasteiger partial charge on any atom is 0.234 e. The summed E-state index contributed by atoms with van der Waals surface area (Å²) in [5.41, 5.74) is 4.43. The third-order valence-corrected chi connectivity index (χ3v) is 5.76. The van der Waals surface area contributed by atoms with Crippen LogP contribution in [-0.4, -0.2) is 36.2 Å². The van der Waals surface area contributed by atoms with E-state index in [1.807, 2.05) is 41.8 Å². The number of ether oxygens (including phenoxy) is 1. The number of sulfone groups is 1. The highest BCUT2D eigenvalue weighted by Crippen LogP contribution is 2.34. The number of hydrogen-bond donors (Lipinski definition) is 0. The molecule has 7 heteroatoms. The van der Waals surface area contributed by atoms with Gasteiger partial charge in [-0.15, -0.1) is 0 Å². The third kappa shape index (κ3) is 3.14. The van der Waals surface area contributed by atoms with Crippen molar-refractivity contribution in [3.05, 3.63) is 66.5 Å². The predicted molar refractivity (Wildman–Crippen MR) is 108 cm³/mol. The molecule has 0 amide bonds. The monoisotopic (exact) mass is 393 g/mol. The van der Waals surface area contributed by atoms with E-state index in [0.29, 0.717) is 5.78 Å². The quantitative estimate of drug-likeness (QED) is 0.527. The first kappa shape index (κ1) is 18.2. The molecule has 0 atom stereocenters. The fourth-order valence-corrected chi connectivity index (χ4v) is 3.88. The van der Waals surface area contributed by atoms with Gasteiger partial charge in [-0.3, -0.25) is 4.40 Å². The van der Waals surface area contributed by atoms with Crippen molar-refractivity contribution in [2.24, 2.45) is 0 Å². The zero-order valence-corrected chi connectivity index (χ0v) is 16.6. The summed E-state index contributed by atoms with van der Waals surface area (Å²) < 4.78 is 30.8. The average molecular weight is 393 g/mol. The van der Waals surface area contributed by atoms with Gasteiger partial charge in [0.1, 0.15) is 5.75 Å². The summed E-state index contributed by atoms with van der Waals surface area (Å²) in [6, 6.07) is 14.6. The van der Waals surface area contributed by atoms with Crippen LogP contribution >= 0.6 is 0 Å². The Morgan fingerprint density at radius 3 is 2.39 bits per heavy atom. The van der Waals surface area contributed by atoms with Crippen LogP contribution in [0.2, 0.25) is 0 Å². The number of benzene rings is 2. The van der Waals surface area contributed by atoms with Gasteiger partial charge in [-0.05, 0) is 48.9 Å². The van der Waals surface area contributed by atoms with E-state index in [1.165, 1.54) is 6.26 Å². The van der Waals surface area contributed by atoms with E-state index in [4.69, 9.17) is 9.72 Å². The number of rotatable bonds is 4. The summed E-state index contributed by atoms with van der Waals surface area (Å²) in [4.78, 5) is 9.36. The zero-order chi connectivity index (χ0) is 19.9. The number of aromatic nitrogens is 3. The second-order valence-corrected chi connectivity index (χ2v) is 8.60. The van der Waals surface area contributed by atoms with E-state index in [0.717, 1.165) is 33.8 Å². The molecule has 0 bridgehead atoms. The molecule has 0 aliphatic heterocycles. The van der Waals surface area contributed by atoms with Crippen LogP contribution in [0.1, 0.15) is 5.56 Å². The summed E-state index contributed by atoms with van der Waals surface area (Å²) in [6.07, 6.45) is 4.79. The average Bonchev–Trinajstić information content (AvgIpc) is 3.07. The topological polar surface area (TPSA) is 73.6 Å². The molecule has 0 saturated heterocycles. The van der Waals surface area contributed by atoms with E-state index in [1.54, 1.807) is 37.6 Å². The molecule has 6 nitrogen and oxygen atoms in total. The number of nitrogens with zero attached hydrogens (tertiary/aromatic N) is 3.